The van der Waals surface area contributed by atoms with E-state index in [-0.39, 0.29) is 27.8 Å². The van der Waals surface area contributed by atoms with Crippen LogP contribution in [0.3, 0.4) is 0 Å². The van der Waals surface area contributed by atoms with Crippen LogP contribution in [-0.4, -0.2) is 82.0 Å². The highest BCUT2D eigenvalue weighted by Gasteiger charge is 2.22. The number of nitrogens with one attached hydrogen (secondary N) is 4. The van der Waals surface area contributed by atoms with Gasteiger partial charge in [0.2, 0.25) is 11.6 Å². The van der Waals surface area contributed by atoms with Gasteiger partial charge in [0.1, 0.15) is 23.3 Å². The normalized spacial score (nSPS) is 11.8. The number of fused-ring (bicyclic) bond motifs is 4. The highest BCUT2D eigenvalue weighted by atomic mass is 32.2. The Bertz CT molecular complexity index is 3460. The fourth-order valence-corrected chi connectivity index (χ4v) is 8.18. The number of sulfone groups is 1. The largest absolute Gasteiger partial charge is 0.383 e. The number of aromatic nitrogens is 10. The lowest BCUT2D eigenvalue weighted by atomic mass is 10.1. The van der Waals surface area contributed by atoms with Crippen LogP contribution in [0.4, 0.5) is 11.6 Å². The molecule has 4 aromatic carbocycles. The molecular weight excluding hydrogens is 801 g/mol. The fraction of sp³-hybridized carbons (Fsp3) is 0.0952. The Hall–Kier alpha value is -7.44. The number of aromatic amines is 4. The fourth-order valence-electron chi connectivity index (χ4n) is 7.10. The minimum absolute atomic E-state index is 0.178. The Balaban J connectivity index is 0.000000154. The maximum atomic E-state index is 13.1. The van der Waals surface area contributed by atoms with Gasteiger partial charge in [0.15, 0.2) is 9.84 Å². The molecule has 0 aliphatic rings. The highest BCUT2D eigenvalue weighted by Crippen LogP contribution is 2.28. The van der Waals surface area contributed by atoms with Crippen molar-refractivity contribution in [2.75, 3.05) is 24.0 Å². The molecule has 0 unspecified atom stereocenters. The summed E-state index contributed by atoms with van der Waals surface area (Å²) in [6.07, 6.45) is 6.10. The molecule has 0 saturated heterocycles. The van der Waals surface area contributed by atoms with Crippen LogP contribution in [0.15, 0.2) is 107 Å². The zero-order valence-electron chi connectivity index (χ0n) is 32.5. The molecule has 0 amide bonds. The van der Waals surface area contributed by atoms with Crippen molar-refractivity contribution in [1.82, 2.24) is 49.5 Å². The molecular formula is C42H36N12O4S2. The topological polar surface area (TPSA) is 245 Å². The Labute approximate surface area is 345 Å². The van der Waals surface area contributed by atoms with Crippen LogP contribution in [0.1, 0.15) is 43.8 Å². The second kappa shape index (κ2) is 14.4. The van der Waals surface area contributed by atoms with Crippen LogP contribution in [0.2, 0.25) is 0 Å². The van der Waals surface area contributed by atoms with Gasteiger partial charge in [-0.25, -0.2) is 27.7 Å². The van der Waals surface area contributed by atoms with Gasteiger partial charge in [0, 0.05) is 33.0 Å². The first kappa shape index (κ1) is 38.1. The molecule has 0 aliphatic carbocycles. The molecule has 16 nitrogen and oxygen atoms in total. The summed E-state index contributed by atoms with van der Waals surface area (Å²) in [7, 11) is -3.35. The summed E-state index contributed by atoms with van der Waals surface area (Å²) >= 11 is 1.66. The Morgan fingerprint density at radius 2 is 1.10 bits per heavy atom. The van der Waals surface area contributed by atoms with E-state index in [1.54, 1.807) is 28.6 Å². The van der Waals surface area contributed by atoms with Gasteiger partial charge in [-0.3, -0.25) is 9.59 Å². The second-order valence-corrected chi connectivity index (χ2v) is 17.2. The maximum Gasteiger partial charge on any atom is 0.214 e. The zero-order chi connectivity index (χ0) is 42.0. The number of aryl methyl sites for hydroxylation is 2. The van der Waals surface area contributed by atoms with Crippen LogP contribution in [0, 0.1) is 13.8 Å². The van der Waals surface area contributed by atoms with Crippen molar-refractivity contribution in [3.63, 3.8) is 0 Å². The number of thioether (sulfide) groups is 1. The van der Waals surface area contributed by atoms with Crippen molar-refractivity contribution in [3.8, 4) is 11.4 Å². The van der Waals surface area contributed by atoms with E-state index in [1.165, 1.54) is 29.2 Å². The molecule has 10 rings (SSSR count). The summed E-state index contributed by atoms with van der Waals surface area (Å²) in [6, 6.07) is 25.5. The number of hydrogen-bond acceptors (Lipinski definition) is 11. The van der Waals surface area contributed by atoms with Gasteiger partial charge in [-0.15, -0.1) is 11.8 Å². The van der Waals surface area contributed by atoms with Crippen molar-refractivity contribution in [3.05, 3.63) is 131 Å². The summed E-state index contributed by atoms with van der Waals surface area (Å²) in [6.45, 7) is 3.78. The number of carbonyl (C=O) groups is 2. The van der Waals surface area contributed by atoms with Crippen molar-refractivity contribution in [1.29, 1.82) is 0 Å². The third-order valence-electron chi connectivity index (χ3n) is 10.1. The molecule has 0 aliphatic heterocycles. The number of carbonyl (C=O) groups excluding carboxylic acids is 2. The molecule has 0 radical (unpaired) electrons. The van der Waals surface area contributed by atoms with E-state index in [1.807, 2.05) is 80.8 Å². The van der Waals surface area contributed by atoms with Crippen LogP contribution in [-0.2, 0) is 9.84 Å². The van der Waals surface area contributed by atoms with Crippen molar-refractivity contribution in [2.45, 2.75) is 23.6 Å². The molecule has 10 aromatic rings. The summed E-state index contributed by atoms with van der Waals surface area (Å²) in [5.74, 6) is 1.62. The Kier molecular flexibility index (Phi) is 9.17. The van der Waals surface area contributed by atoms with Gasteiger partial charge in [-0.05, 0) is 92.9 Å². The first-order valence-electron chi connectivity index (χ1n) is 18.4. The van der Waals surface area contributed by atoms with E-state index in [0.717, 1.165) is 66.8 Å². The van der Waals surface area contributed by atoms with Crippen molar-refractivity contribution in [2.24, 2.45) is 0 Å². The Morgan fingerprint density at radius 3 is 1.58 bits per heavy atom. The molecule has 0 atom stereocenters. The lowest BCUT2D eigenvalue weighted by molar-refractivity contribution is 0.102. The molecule has 0 fully saturated rings. The number of ketones is 2. The minimum Gasteiger partial charge on any atom is -0.383 e. The first-order chi connectivity index (χ1) is 28.7. The number of anilines is 2. The van der Waals surface area contributed by atoms with E-state index in [4.69, 9.17) is 11.5 Å². The van der Waals surface area contributed by atoms with Crippen LogP contribution in [0.25, 0.3) is 55.2 Å². The smallest absolute Gasteiger partial charge is 0.214 e. The summed E-state index contributed by atoms with van der Waals surface area (Å²) in [5.41, 5.74) is 20.3. The van der Waals surface area contributed by atoms with Crippen LogP contribution >= 0.6 is 11.8 Å². The predicted molar refractivity (Wildman–Crippen MR) is 233 cm³/mol. The van der Waals surface area contributed by atoms with Gasteiger partial charge in [-0.2, -0.15) is 10.2 Å². The predicted octanol–water partition coefficient (Wildman–Crippen LogP) is 6.83. The lowest BCUT2D eigenvalue weighted by Crippen LogP contribution is -2.07. The average Bonchev–Trinajstić information content (AvgIpc) is 4.08. The van der Waals surface area contributed by atoms with Gasteiger partial charge in [-0.1, -0.05) is 12.1 Å². The molecule has 8 N–H and O–H groups in total. The maximum absolute atomic E-state index is 13.1. The summed E-state index contributed by atoms with van der Waals surface area (Å²) in [5, 5.41) is 10.3. The number of nitrogens with zero attached hydrogens (tertiary/aromatic N) is 6. The number of imidazole rings is 2. The third kappa shape index (κ3) is 6.86. The third-order valence-corrected chi connectivity index (χ3v) is 11.9. The minimum atomic E-state index is -3.35. The van der Waals surface area contributed by atoms with Gasteiger partial charge in [0.25, 0.3) is 0 Å². The number of nitrogens with two attached hydrogens (primary N) is 2. The number of nitrogen functional groups attached to an aromatic ring is 2. The SMILES string of the molecule is CSc1ccc2cc(C(=O)c3cnn(-c4ccc5nc(C)[nH]c5c4)c3N)[nH]c2c1.Cc1nc2ccc(-n3ncc(C(=O)c4cc5ccc(S(C)(=O)=O)cc5[nH]4)c3N)cc2[nH]1. The van der Waals surface area contributed by atoms with Crippen LogP contribution < -0.4 is 11.5 Å². The lowest BCUT2D eigenvalue weighted by Gasteiger charge is -2.05. The quantitative estimate of drug-likeness (QED) is 0.0684. The zero-order valence-corrected chi connectivity index (χ0v) is 34.2. The molecule has 0 saturated carbocycles. The molecule has 0 bridgehead atoms. The summed E-state index contributed by atoms with van der Waals surface area (Å²) in [4.78, 5) is 48.8. The van der Waals surface area contributed by atoms with E-state index < -0.39 is 9.84 Å². The molecule has 60 heavy (non-hydrogen) atoms. The van der Waals surface area contributed by atoms with Crippen molar-refractivity contribution >= 4 is 88.7 Å². The number of H-pyrrole nitrogens is 4. The van der Waals surface area contributed by atoms with E-state index >= 15 is 0 Å². The van der Waals surface area contributed by atoms with E-state index in [0.29, 0.717) is 34.0 Å². The molecule has 6 aromatic heterocycles. The standard InChI is InChI=1S/C21H18N6O3S.C21H18N6OS/c1-11-24-16-6-4-13(8-18(16)25-11)27-21(22)15(10-23-27)20(28)19-7-12-3-5-14(31(2,29)30)9-17(12)26-19;1-11-24-16-6-4-13(8-18(16)25-11)27-21(22)15(10-23-27)20(28)19-7-12-3-5-14(29-2)9-17(12)26-19/h3-10,26H,22H2,1-2H3,(H,24,25);3-10,26H,22H2,1-2H3,(H,24,25). The van der Waals surface area contributed by atoms with Crippen LogP contribution in [0.5, 0.6) is 0 Å². The molecule has 18 heteroatoms. The van der Waals surface area contributed by atoms with Crippen molar-refractivity contribution < 1.29 is 18.0 Å². The summed E-state index contributed by atoms with van der Waals surface area (Å²) < 4.78 is 26.6. The number of rotatable bonds is 8. The number of hydrogen-bond donors (Lipinski definition) is 6. The first-order valence-corrected chi connectivity index (χ1v) is 21.5. The molecule has 6 heterocycles. The molecule has 0 spiro atoms. The second-order valence-electron chi connectivity index (χ2n) is 14.3. The van der Waals surface area contributed by atoms with Gasteiger partial charge in [0.05, 0.1) is 73.2 Å². The number of benzene rings is 4. The van der Waals surface area contributed by atoms with Gasteiger partial charge < -0.3 is 31.4 Å². The van der Waals surface area contributed by atoms with Gasteiger partial charge >= 0.3 is 0 Å². The highest BCUT2D eigenvalue weighted by molar-refractivity contribution is 7.98. The van der Waals surface area contributed by atoms with E-state index in [9.17, 15) is 18.0 Å². The molecule has 300 valence electrons. The Morgan fingerprint density at radius 1 is 0.617 bits per heavy atom. The van der Waals surface area contributed by atoms with E-state index in [2.05, 4.69) is 40.1 Å². The average molecular weight is 837 g/mol. The monoisotopic (exact) mass is 836 g/mol.